The standard InChI is InChI=1S/C19H20F2N2O4/c1-4-26-17-8-5-13(9-18(17)25-3)11-22-27-12(2)19(24)23-14-6-7-15(20)16(21)10-14/h5-12H,4H2,1-3H3,(H,23,24)/b22-11+. The number of carbonyl (C=O) groups is 1. The predicted octanol–water partition coefficient (Wildman–Crippen LogP) is 3.75. The molecule has 144 valence electrons. The molecule has 0 aliphatic carbocycles. The molecule has 2 rings (SSSR count). The Hall–Kier alpha value is -3.16. The maximum absolute atomic E-state index is 13.2. The number of oxime groups is 1. The molecule has 0 aliphatic heterocycles. The SMILES string of the molecule is CCOc1ccc(/C=N/OC(C)C(=O)Nc2ccc(F)c(F)c2)cc1OC. The van der Waals surface area contributed by atoms with E-state index in [2.05, 4.69) is 10.5 Å². The highest BCUT2D eigenvalue weighted by molar-refractivity contribution is 5.94. The molecular formula is C19H20F2N2O4. The number of ether oxygens (including phenoxy) is 2. The molecule has 8 heteroatoms. The lowest BCUT2D eigenvalue weighted by Crippen LogP contribution is -2.26. The molecule has 1 N–H and O–H groups in total. The Kier molecular flexibility index (Phi) is 7.10. The van der Waals surface area contributed by atoms with Crippen LogP contribution in [-0.2, 0) is 9.63 Å². The molecule has 0 saturated carbocycles. The molecule has 0 radical (unpaired) electrons. The average Bonchev–Trinajstić information content (AvgIpc) is 2.65. The van der Waals surface area contributed by atoms with E-state index in [1.165, 1.54) is 26.3 Å². The molecule has 0 spiro atoms. The zero-order chi connectivity index (χ0) is 19.8. The van der Waals surface area contributed by atoms with Crippen LogP contribution in [0.25, 0.3) is 0 Å². The van der Waals surface area contributed by atoms with Crippen LogP contribution in [0.3, 0.4) is 0 Å². The number of rotatable bonds is 8. The van der Waals surface area contributed by atoms with Gasteiger partial charge in [-0.2, -0.15) is 0 Å². The number of benzene rings is 2. The Morgan fingerprint density at radius 2 is 1.96 bits per heavy atom. The highest BCUT2D eigenvalue weighted by atomic mass is 19.2. The molecule has 0 aliphatic rings. The molecule has 2 aromatic carbocycles. The number of hydrogen-bond donors (Lipinski definition) is 1. The van der Waals surface area contributed by atoms with Crippen LogP contribution >= 0.6 is 0 Å². The van der Waals surface area contributed by atoms with Crippen molar-refractivity contribution in [3.05, 3.63) is 53.6 Å². The summed E-state index contributed by atoms with van der Waals surface area (Å²) in [5, 5.41) is 6.19. The second kappa shape index (κ2) is 9.51. The molecule has 1 atom stereocenters. The first-order valence-corrected chi connectivity index (χ1v) is 8.20. The molecule has 0 fully saturated rings. The quantitative estimate of drug-likeness (QED) is 0.561. The summed E-state index contributed by atoms with van der Waals surface area (Å²) in [6, 6.07) is 8.26. The molecule has 27 heavy (non-hydrogen) atoms. The van der Waals surface area contributed by atoms with Gasteiger partial charge in [-0.05, 0) is 44.2 Å². The van der Waals surface area contributed by atoms with E-state index < -0.39 is 23.6 Å². The molecule has 0 aromatic heterocycles. The lowest BCUT2D eigenvalue weighted by Gasteiger charge is -2.11. The van der Waals surface area contributed by atoms with Crippen LogP contribution in [0.4, 0.5) is 14.5 Å². The Morgan fingerprint density at radius 1 is 1.19 bits per heavy atom. The van der Waals surface area contributed by atoms with Crippen LogP contribution < -0.4 is 14.8 Å². The van der Waals surface area contributed by atoms with Crippen LogP contribution in [-0.4, -0.2) is 31.9 Å². The van der Waals surface area contributed by atoms with E-state index in [1.807, 2.05) is 6.92 Å². The van der Waals surface area contributed by atoms with Crippen LogP contribution in [0.15, 0.2) is 41.6 Å². The normalized spacial score (nSPS) is 11.9. The lowest BCUT2D eigenvalue weighted by atomic mass is 10.2. The fourth-order valence-electron chi connectivity index (χ4n) is 2.09. The number of nitrogens with one attached hydrogen (secondary N) is 1. The largest absolute Gasteiger partial charge is 0.493 e. The minimum absolute atomic E-state index is 0.120. The van der Waals surface area contributed by atoms with Gasteiger partial charge in [0.2, 0.25) is 6.10 Å². The van der Waals surface area contributed by atoms with Crippen LogP contribution in [0.2, 0.25) is 0 Å². The van der Waals surface area contributed by atoms with Crippen molar-refractivity contribution in [2.45, 2.75) is 20.0 Å². The van der Waals surface area contributed by atoms with Gasteiger partial charge < -0.3 is 19.6 Å². The summed E-state index contributed by atoms with van der Waals surface area (Å²) in [6.45, 7) is 3.86. The Bertz CT molecular complexity index is 827. The number of carbonyl (C=O) groups excluding carboxylic acids is 1. The molecule has 6 nitrogen and oxygen atoms in total. The number of hydrogen-bond acceptors (Lipinski definition) is 5. The molecule has 0 bridgehead atoms. The summed E-state index contributed by atoms with van der Waals surface area (Å²) >= 11 is 0. The van der Waals surface area contributed by atoms with E-state index in [9.17, 15) is 13.6 Å². The molecule has 1 unspecified atom stereocenters. The first-order valence-electron chi connectivity index (χ1n) is 8.20. The van der Waals surface area contributed by atoms with E-state index in [4.69, 9.17) is 14.3 Å². The van der Waals surface area contributed by atoms with E-state index in [1.54, 1.807) is 18.2 Å². The fourth-order valence-corrected chi connectivity index (χ4v) is 2.09. The second-order valence-corrected chi connectivity index (χ2v) is 5.44. The molecular weight excluding hydrogens is 358 g/mol. The third kappa shape index (κ3) is 5.67. The molecule has 0 heterocycles. The van der Waals surface area contributed by atoms with Gasteiger partial charge in [0.05, 0.1) is 19.9 Å². The van der Waals surface area contributed by atoms with Crippen molar-refractivity contribution in [1.29, 1.82) is 0 Å². The average molecular weight is 378 g/mol. The molecule has 1 amide bonds. The van der Waals surface area contributed by atoms with Gasteiger partial charge in [0.25, 0.3) is 5.91 Å². The van der Waals surface area contributed by atoms with E-state index in [-0.39, 0.29) is 5.69 Å². The first-order chi connectivity index (χ1) is 12.9. The topological polar surface area (TPSA) is 69.2 Å². The van der Waals surface area contributed by atoms with Crippen molar-refractivity contribution in [2.24, 2.45) is 5.16 Å². The van der Waals surface area contributed by atoms with Crippen molar-refractivity contribution in [1.82, 2.24) is 0 Å². The van der Waals surface area contributed by atoms with Gasteiger partial charge in [-0.1, -0.05) is 5.16 Å². The fraction of sp³-hybridized carbons (Fsp3) is 0.263. The van der Waals surface area contributed by atoms with E-state index in [0.29, 0.717) is 23.7 Å². The van der Waals surface area contributed by atoms with Crippen molar-refractivity contribution < 1.29 is 27.9 Å². The minimum Gasteiger partial charge on any atom is -0.493 e. The summed E-state index contributed by atoms with van der Waals surface area (Å²) in [7, 11) is 1.53. The number of anilines is 1. The van der Waals surface area contributed by atoms with Crippen molar-refractivity contribution in [2.75, 3.05) is 19.0 Å². The summed E-state index contributed by atoms with van der Waals surface area (Å²) in [5.41, 5.74) is 0.804. The Labute approximate surface area is 155 Å². The van der Waals surface area contributed by atoms with E-state index >= 15 is 0 Å². The maximum Gasteiger partial charge on any atom is 0.267 e. The predicted molar refractivity (Wildman–Crippen MR) is 97.3 cm³/mol. The third-order valence-electron chi connectivity index (χ3n) is 3.46. The zero-order valence-corrected chi connectivity index (χ0v) is 15.2. The van der Waals surface area contributed by atoms with Gasteiger partial charge in [-0.25, -0.2) is 8.78 Å². The van der Waals surface area contributed by atoms with Crippen molar-refractivity contribution in [3.8, 4) is 11.5 Å². The van der Waals surface area contributed by atoms with Gasteiger partial charge in [0, 0.05) is 17.3 Å². The van der Waals surface area contributed by atoms with Gasteiger partial charge >= 0.3 is 0 Å². The van der Waals surface area contributed by atoms with Crippen LogP contribution in [0, 0.1) is 11.6 Å². The third-order valence-corrected chi connectivity index (χ3v) is 3.46. The second-order valence-electron chi connectivity index (χ2n) is 5.44. The molecule has 0 saturated heterocycles. The monoisotopic (exact) mass is 378 g/mol. The lowest BCUT2D eigenvalue weighted by molar-refractivity contribution is -0.126. The maximum atomic E-state index is 13.2. The number of methoxy groups -OCH3 is 1. The number of amides is 1. The highest BCUT2D eigenvalue weighted by Gasteiger charge is 2.15. The van der Waals surface area contributed by atoms with Crippen molar-refractivity contribution in [3.63, 3.8) is 0 Å². The zero-order valence-electron chi connectivity index (χ0n) is 15.2. The van der Waals surface area contributed by atoms with Crippen LogP contribution in [0.5, 0.6) is 11.5 Å². The van der Waals surface area contributed by atoms with Gasteiger partial charge in [0.1, 0.15) is 0 Å². The Balaban J connectivity index is 1.94. The van der Waals surface area contributed by atoms with Gasteiger partial charge in [-0.3, -0.25) is 4.79 Å². The first kappa shape index (κ1) is 20.2. The van der Waals surface area contributed by atoms with Gasteiger partial charge in [0.15, 0.2) is 23.1 Å². The van der Waals surface area contributed by atoms with Crippen LogP contribution in [0.1, 0.15) is 19.4 Å². The summed E-state index contributed by atoms with van der Waals surface area (Å²) in [4.78, 5) is 17.1. The Morgan fingerprint density at radius 3 is 2.63 bits per heavy atom. The minimum atomic E-state index is -1.05. The summed E-state index contributed by atoms with van der Waals surface area (Å²) in [5.74, 6) is -1.44. The smallest absolute Gasteiger partial charge is 0.267 e. The summed E-state index contributed by atoms with van der Waals surface area (Å²) < 4.78 is 36.7. The summed E-state index contributed by atoms with van der Waals surface area (Å²) in [6.07, 6.45) is 0.471. The number of halogens is 2. The number of nitrogens with zero attached hydrogens (tertiary/aromatic N) is 1. The van der Waals surface area contributed by atoms with E-state index in [0.717, 1.165) is 12.1 Å². The molecule has 2 aromatic rings. The highest BCUT2D eigenvalue weighted by Crippen LogP contribution is 2.27. The van der Waals surface area contributed by atoms with Gasteiger partial charge in [-0.15, -0.1) is 0 Å². The van der Waals surface area contributed by atoms with Crippen molar-refractivity contribution >= 4 is 17.8 Å².